The highest BCUT2D eigenvalue weighted by atomic mass is 35.5. The van der Waals surface area contributed by atoms with Crippen LogP contribution in [-0.2, 0) is 11.3 Å². The van der Waals surface area contributed by atoms with Crippen molar-refractivity contribution in [2.45, 2.75) is 70.9 Å². The van der Waals surface area contributed by atoms with E-state index in [0.717, 1.165) is 69.6 Å². The van der Waals surface area contributed by atoms with Gasteiger partial charge in [-0.05, 0) is 38.2 Å². The lowest BCUT2D eigenvalue weighted by Gasteiger charge is -2.33. The van der Waals surface area contributed by atoms with Gasteiger partial charge in [0.1, 0.15) is 5.82 Å². The lowest BCUT2D eigenvalue weighted by atomic mass is 9.95. The predicted octanol–water partition coefficient (Wildman–Crippen LogP) is 4.90. The monoisotopic (exact) mass is 420 g/mol. The van der Waals surface area contributed by atoms with Crippen LogP contribution in [0.5, 0.6) is 0 Å². The molecule has 0 unspecified atom stereocenters. The summed E-state index contributed by atoms with van der Waals surface area (Å²) in [7, 11) is 0. The minimum Gasteiger partial charge on any atom is -0.353 e. The van der Waals surface area contributed by atoms with Gasteiger partial charge >= 0.3 is 0 Å². The lowest BCUT2D eigenvalue weighted by Crippen LogP contribution is -2.43. The Morgan fingerprint density at radius 2 is 1.97 bits per heavy atom. The fraction of sp³-hybridized carbons (Fsp3) is 0.636. The molecule has 7 heteroatoms. The van der Waals surface area contributed by atoms with Crippen LogP contribution in [0, 0.1) is 11.7 Å². The molecule has 0 bridgehead atoms. The van der Waals surface area contributed by atoms with Gasteiger partial charge in [-0.3, -0.25) is 4.79 Å². The van der Waals surface area contributed by atoms with Crippen molar-refractivity contribution in [1.29, 1.82) is 0 Å². The van der Waals surface area contributed by atoms with Crippen molar-refractivity contribution in [3.8, 4) is 0 Å². The predicted molar refractivity (Wildman–Crippen MR) is 115 cm³/mol. The van der Waals surface area contributed by atoms with Gasteiger partial charge < -0.3 is 14.8 Å². The topological polar surface area (TPSA) is 50.2 Å². The van der Waals surface area contributed by atoms with E-state index in [1.807, 2.05) is 0 Å². The maximum atomic E-state index is 14.0. The number of anilines is 1. The smallest absolute Gasteiger partial charge is 0.223 e. The molecule has 29 heavy (non-hydrogen) atoms. The quantitative estimate of drug-likeness (QED) is 0.722. The molecule has 1 aromatic carbocycles. The third-order valence-corrected chi connectivity index (χ3v) is 6.65. The third-order valence-electron chi connectivity index (χ3n) is 6.36. The van der Waals surface area contributed by atoms with E-state index in [2.05, 4.69) is 21.7 Å². The van der Waals surface area contributed by atoms with Gasteiger partial charge in [0.05, 0.1) is 16.1 Å². The number of piperidine rings is 1. The molecule has 2 aromatic rings. The van der Waals surface area contributed by atoms with Gasteiger partial charge in [-0.25, -0.2) is 9.37 Å². The van der Waals surface area contributed by atoms with E-state index in [9.17, 15) is 9.18 Å². The molecule has 1 aliphatic carbocycles. The van der Waals surface area contributed by atoms with Crippen molar-refractivity contribution in [1.82, 2.24) is 14.9 Å². The number of hydrogen-bond acceptors (Lipinski definition) is 3. The molecule has 2 aliphatic rings. The first-order valence-electron chi connectivity index (χ1n) is 11.0. The van der Waals surface area contributed by atoms with Crippen LogP contribution in [0.1, 0.15) is 58.3 Å². The molecule has 0 spiro atoms. The molecule has 1 saturated heterocycles. The molecule has 5 nitrogen and oxygen atoms in total. The van der Waals surface area contributed by atoms with Gasteiger partial charge in [-0.1, -0.05) is 37.8 Å². The number of unbranched alkanes of at least 4 members (excludes halogenated alkanes) is 1. The van der Waals surface area contributed by atoms with Gasteiger partial charge in [0, 0.05) is 37.7 Å². The first kappa shape index (κ1) is 20.5. The van der Waals surface area contributed by atoms with Crippen LogP contribution >= 0.6 is 11.6 Å². The average molecular weight is 421 g/mol. The Balaban J connectivity index is 1.49. The van der Waals surface area contributed by atoms with Crippen LogP contribution in [0.4, 0.5) is 10.3 Å². The number of hydrogen-bond donors (Lipinski definition) is 1. The highest BCUT2D eigenvalue weighted by Gasteiger charge is 2.29. The van der Waals surface area contributed by atoms with Crippen molar-refractivity contribution in [3.05, 3.63) is 23.0 Å². The largest absolute Gasteiger partial charge is 0.353 e. The number of fused-ring (bicyclic) bond motifs is 1. The highest BCUT2D eigenvalue weighted by molar-refractivity contribution is 6.31. The fourth-order valence-corrected chi connectivity index (χ4v) is 4.77. The summed E-state index contributed by atoms with van der Waals surface area (Å²) in [4.78, 5) is 19.6. The fourth-order valence-electron chi connectivity index (χ4n) is 4.62. The number of imidazole rings is 1. The maximum absolute atomic E-state index is 14.0. The molecule has 0 radical (unpaired) electrons. The van der Waals surface area contributed by atoms with E-state index >= 15 is 0 Å². The van der Waals surface area contributed by atoms with Crippen LogP contribution in [0.25, 0.3) is 11.0 Å². The first-order chi connectivity index (χ1) is 14.1. The number of nitrogens with one attached hydrogen (secondary N) is 1. The van der Waals surface area contributed by atoms with E-state index in [4.69, 9.17) is 16.6 Å². The molecule has 1 aromatic heterocycles. The summed E-state index contributed by atoms with van der Waals surface area (Å²) in [5, 5.41) is 3.37. The van der Waals surface area contributed by atoms with Crippen LogP contribution in [0.2, 0.25) is 5.02 Å². The van der Waals surface area contributed by atoms with Crippen LogP contribution < -0.4 is 10.2 Å². The summed E-state index contributed by atoms with van der Waals surface area (Å²) in [6, 6.07) is 3.48. The van der Waals surface area contributed by atoms with Crippen molar-refractivity contribution in [2.75, 3.05) is 18.0 Å². The normalized spacial score (nSPS) is 18.7. The summed E-state index contributed by atoms with van der Waals surface area (Å²) in [6.07, 6.45) is 8.42. The van der Waals surface area contributed by atoms with Gasteiger partial charge in [0.25, 0.3) is 0 Å². The number of halogens is 2. The molecule has 0 atom stereocenters. The minimum atomic E-state index is -0.437. The van der Waals surface area contributed by atoms with E-state index in [1.54, 1.807) is 6.07 Å². The van der Waals surface area contributed by atoms with Crippen molar-refractivity contribution < 1.29 is 9.18 Å². The van der Waals surface area contributed by atoms with Gasteiger partial charge in [-0.2, -0.15) is 0 Å². The lowest BCUT2D eigenvalue weighted by molar-refractivity contribution is -0.126. The van der Waals surface area contributed by atoms with Gasteiger partial charge in [0.2, 0.25) is 11.9 Å². The summed E-state index contributed by atoms with van der Waals surface area (Å²) in [5.41, 5.74) is 1.51. The molecule has 4 rings (SSSR count). The van der Waals surface area contributed by atoms with E-state index in [-0.39, 0.29) is 16.8 Å². The van der Waals surface area contributed by atoms with E-state index in [0.29, 0.717) is 11.6 Å². The second-order valence-corrected chi connectivity index (χ2v) is 8.83. The van der Waals surface area contributed by atoms with Crippen molar-refractivity contribution in [2.24, 2.45) is 5.92 Å². The zero-order chi connectivity index (χ0) is 20.4. The standard InChI is InChI=1S/C22H30ClFN4O/c1-2-3-10-28-20-13-17(23)18(24)14-19(20)26-22(28)27-11-8-15(9-12-27)21(29)25-16-6-4-5-7-16/h13-16H,2-12H2,1H3,(H,25,29). The maximum Gasteiger partial charge on any atom is 0.223 e. The number of aryl methyl sites for hydroxylation is 1. The number of aromatic nitrogens is 2. The zero-order valence-corrected chi connectivity index (χ0v) is 17.8. The molecule has 2 heterocycles. The SMILES string of the molecule is CCCCn1c(N2CCC(C(=O)NC3CCCC3)CC2)nc2cc(F)c(Cl)cc21. The number of amides is 1. The third kappa shape index (κ3) is 4.37. The summed E-state index contributed by atoms with van der Waals surface area (Å²) >= 11 is 6.04. The number of rotatable bonds is 6. The molecule has 1 N–H and O–H groups in total. The summed E-state index contributed by atoms with van der Waals surface area (Å²) < 4.78 is 16.1. The number of carbonyl (C=O) groups is 1. The van der Waals surface area contributed by atoms with Crippen molar-refractivity contribution >= 4 is 34.5 Å². The second kappa shape index (κ2) is 8.90. The van der Waals surface area contributed by atoms with Crippen LogP contribution in [-0.4, -0.2) is 34.6 Å². The van der Waals surface area contributed by atoms with Gasteiger partial charge in [-0.15, -0.1) is 0 Å². The van der Waals surface area contributed by atoms with Crippen LogP contribution in [0.15, 0.2) is 12.1 Å². The Hall–Kier alpha value is -1.82. The zero-order valence-electron chi connectivity index (χ0n) is 17.1. The number of nitrogens with zero attached hydrogens (tertiary/aromatic N) is 3. The Bertz CT molecular complexity index is 869. The van der Waals surface area contributed by atoms with E-state index < -0.39 is 5.82 Å². The second-order valence-electron chi connectivity index (χ2n) is 8.42. The average Bonchev–Trinajstić information content (AvgIpc) is 3.35. The molecular weight excluding hydrogens is 391 g/mol. The Kier molecular flexibility index (Phi) is 6.28. The molecule has 1 amide bonds. The van der Waals surface area contributed by atoms with Crippen LogP contribution in [0.3, 0.4) is 0 Å². The van der Waals surface area contributed by atoms with E-state index in [1.165, 1.54) is 18.9 Å². The Morgan fingerprint density at radius 1 is 1.24 bits per heavy atom. The highest BCUT2D eigenvalue weighted by Crippen LogP contribution is 2.30. The minimum absolute atomic E-state index is 0.0761. The summed E-state index contributed by atoms with van der Waals surface area (Å²) in [5.74, 6) is 0.718. The number of benzene rings is 1. The Labute approximate surface area is 176 Å². The Morgan fingerprint density at radius 3 is 2.66 bits per heavy atom. The molecule has 1 aliphatic heterocycles. The molecule has 2 fully saturated rings. The molecule has 1 saturated carbocycles. The number of carbonyl (C=O) groups excluding carboxylic acids is 1. The molecule has 158 valence electrons. The summed E-state index contributed by atoms with van der Waals surface area (Å²) in [6.45, 7) is 4.55. The first-order valence-corrected chi connectivity index (χ1v) is 11.3. The van der Waals surface area contributed by atoms with Crippen molar-refractivity contribution in [3.63, 3.8) is 0 Å². The van der Waals surface area contributed by atoms with Gasteiger partial charge in [0.15, 0.2) is 0 Å². The molecular formula is C22H30ClFN4O.